The maximum absolute atomic E-state index is 5.16. The number of aromatic nitrogens is 3. The van der Waals surface area contributed by atoms with Gasteiger partial charge in [-0.05, 0) is 12.8 Å². The van der Waals surface area contributed by atoms with Crippen LogP contribution in [0.25, 0.3) is 0 Å². The van der Waals surface area contributed by atoms with E-state index in [1.54, 1.807) is 7.11 Å². The van der Waals surface area contributed by atoms with Gasteiger partial charge < -0.3 is 9.64 Å². The van der Waals surface area contributed by atoms with Crippen molar-refractivity contribution < 1.29 is 4.74 Å². The van der Waals surface area contributed by atoms with Crippen LogP contribution in [0, 0.1) is 0 Å². The predicted molar refractivity (Wildman–Crippen MR) is 52.1 cm³/mol. The third-order valence-electron chi connectivity index (χ3n) is 2.47. The maximum atomic E-state index is 5.16. The van der Waals surface area contributed by atoms with Gasteiger partial charge in [0.1, 0.15) is 12.7 Å². The summed E-state index contributed by atoms with van der Waals surface area (Å²) in [5.74, 6) is 0.763. The Hall–Kier alpha value is -1.23. The summed E-state index contributed by atoms with van der Waals surface area (Å²) in [6.07, 6.45) is 5.40. The van der Waals surface area contributed by atoms with Crippen LogP contribution in [0.1, 0.15) is 12.8 Å². The minimum atomic E-state index is 0.419. The second-order valence-corrected chi connectivity index (χ2v) is 3.38. The van der Waals surface area contributed by atoms with Gasteiger partial charge in [-0.1, -0.05) is 0 Å². The lowest BCUT2D eigenvalue weighted by molar-refractivity contribution is 0.180. The van der Waals surface area contributed by atoms with Crippen molar-refractivity contribution in [3.05, 3.63) is 12.7 Å². The third kappa shape index (κ3) is 1.82. The minimum absolute atomic E-state index is 0.419. The first-order valence-electron chi connectivity index (χ1n) is 4.79. The molecule has 0 aliphatic carbocycles. The largest absolute Gasteiger partial charge is 0.383 e. The van der Waals surface area contributed by atoms with Gasteiger partial charge in [0.05, 0.1) is 12.6 Å². The lowest BCUT2D eigenvalue weighted by Gasteiger charge is -2.23. The third-order valence-corrected chi connectivity index (χ3v) is 2.47. The molecule has 1 aromatic heterocycles. The zero-order valence-corrected chi connectivity index (χ0v) is 8.26. The molecular weight excluding hydrogens is 180 g/mol. The van der Waals surface area contributed by atoms with E-state index in [9.17, 15) is 0 Å². The average Bonchev–Trinajstić information content (AvgIpc) is 2.68. The molecule has 76 valence electrons. The van der Waals surface area contributed by atoms with Gasteiger partial charge in [0.25, 0.3) is 0 Å². The van der Waals surface area contributed by atoms with E-state index < -0.39 is 0 Å². The van der Waals surface area contributed by atoms with Crippen LogP contribution in [0.5, 0.6) is 0 Å². The van der Waals surface area contributed by atoms with E-state index in [4.69, 9.17) is 4.74 Å². The predicted octanol–water partition coefficient (Wildman–Crippen LogP) is 0.487. The van der Waals surface area contributed by atoms with E-state index in [-0.39, 0.29) is 0 Å². The highest BCUT2D eigenvalue weighted by atomic mass is 16.5. The number of nitrogens with zero attached hydrogens (tertiary/aromatic N) is 4. The summed E-state index contributed by atoms with van der Waals surface area (Å²) in [7, 11) is 1.73. The highest BCUT2D eigenvalue weighted by Gasteiger charge is 2.26. The molecule has 1 aliphatic rings. The molecule has 0 N–H and O–H groups in total. The summed E-state index contributed by atoms with van der Waals surface area (Å²) in [5.41, 5.74) is 0. The number of ether oxygens (including phenoxy) is 1. The molecule has 0 spiro atoms. The van der Waals surface area contributed by atoms with Gasteiger partial charge in [0.15, 0.2) is 0 Å². The van der Waals surface area contributed by atoms with Crippen LogP contribution in [-0.4, -0.2) is 41.3 Å². The maximum Gasteiger partial charge on any atom is 0.228 e. The highest BCUT2D eigenvalue weighted by molar-refractivity contribution is 5.31. The fraction of sp³-hybridized carbons (Fsp3) is 0.667. The van der Waals surface area contributed by atoms with E-state index in [0.29, 0.717) is 6.04 Å². The van der Waals surface area contributed by atoms with E-state index in [2.05, 4.69) is 19.9 Å². The number of methoxy groups -OCH3 is 1. The molecule has 5 heteroatoms. The normalized spacial score (nSPS) is 21.5. The van der Waals surface area contributed by atoms with Crippen LogP contribution in [0.15, 0.2) is 12.7 Å². The van der Waals surface area contributed by atoms with Crippen LogP contribution in [-0.2, 0) is 4.74 Å². The number of hydrogen-bond donors (Lipinski definition) is 0. The number of rotatable bonds is 3. The fourth-order valence-electron chi connectivity index (χ4n) is 1.85. The molecule has 1 fully saturated rings. The van der Waals surface area contributed by atoms with Gasteiger partial charge in [-0.15, -0.1) is 0 Å². The zero-order chi connectivity index (χ0) is 9.80. The van der Waals surface area contributed by atoms with Gasteiger partial charge in [-0.2, -0.15) is 0 Å². The van der Waals surface area contributed by atoms with Gasteiger partial charge in [-0.25, -0.2) is 15.0 Å². The topological polar surface area (TPSA) is 51.1 Å². The van der Waals surface area contributed by atoms with Crippen LogP contribution in [0.4, 0.5) is 5.95 Å². The molecule has 2 rings (SSSR count). The quantitative estimate of drug-likeness (QED) is 0.700. The molecule has 0 bridgehead atoms. The van der Waals surface area contributed by atoms with E-state index in [0.717, 1.165) is 25.5 Å². The molecule has 1 atom stereocenters. The van der Waals surface area contributed by atoms with Gasteiger partial charge in [0.2, 0.25) is 5.95 Å². The van der Waals surface area contributed by atoms with Crippen molar-refractivity contribution in [3.63, 3.8) is 0 Å². The molecule has 0 aromatic carbocycles. The van der Waals surface area contributed by atoms with Crippen molar-refractivity contribution in [2.45, 2.75) is 18.9 Å². The molecule has 14 heavy (non-hydrogen) atoms. The van der Waals surface area contributed by atoms with E-state index in [1.807, 2.05) is 0 Å². The first kappa shape index (κ1) is 9.33. The van der Waals surface area contributed by atoms with Crippen LogP contribution in [0.2, 0.25) is 0 Å². The second kappa shape index (κ2) is 4.32. The van der Waals surface area contributed by atoms with Crippen LogP contribution >= 0.6 is 0 Å². The van der Waals surface area contributed by atoms with Crippen molar-refractivity contribution in [1.29, 1.82) is 0 Å². The summed E-state index contributed by atoms with van der Waals surface area (Å²) in [6.45, 7) is 1.75. The van der Waals surface area contributed by atoms with Gasteiger partial charge in [0, 0.05) is 13.7 Å². The molecule has 1 aromatic rings. The van der Waals surface area contributed by atoms with Crippen LogP contribution in [0.3, 0.4) is 0 Å². The average molecular weight is 194 g/mol. The van der Waals surface area contributed by atoms with Gasteiger partial charge >= 0.3 is 0 Å². The van der Waals surface area contributed by atoms with Crippen molar-refractivity contribution in [2.75, 3.05) is 25.2 Å². The smallest absolute Gasteiger partial charge is 0.228 e. The van der Waals surface area contributed by atoms with Crippen molar-refractivity contribution in [2.24, 2.45) is 0 Å². The standard InChI is InChI=1S/C9H14N4O/c1-14-5-8-3-2-4-13(8)9-11-6-10-7-12-9/h6-8H,2-5H2,1H3. The SMILES string of the molecule is COCC1CCCN1c1ncncn1. The monoisotopic (exact) mass is 194 g/mol. The van der Waals surface area contributed by atoms with E-state index in [1.165, 1.54) is 19.1 Å². The lowest BCUT2D eigenvalue weighted by atomic mass is 10.2. The molecule has 2 heterocycles. The summed E-state index contributed by atoms with van der Waals surface area (Å²) in [4.78, 5) is 14.3. The first-order valence-corrected chi connectivity index (χ1v) is 4.79. The molecule has 1 saturated heterocycles. The number of anilines is 1. The lowest BCUT2D eigenvalue weighted by Crippen LogP contribution is -2.34. The minimum Gasteiger partial charge on any atom is -0.383 e. The Morgan fingerprint density at radius 1 is 1.50 bits per heavy atom. The summed E-state index contributed by atoms with van der Waals surface area (Å²) < 4.78 is 5.16. The Labute approximate surface area is 83.1 Å². The van der Waals surface area contributed by atoms with Crippen molar-refractivity contribution in [1.82, 2.24) is 15.0 Å². The zero-order valence-electron chi connectivity index (χ0n) is 8.26. The Balaban J connectivity index is 2.10. The Morgan fingerprint density at radius 3 is 3.00 bits per heavy atom. The molecule has 0 amide bonds. The van der Waals surface area contributed by atoms with Crippen LogP contribution < -0.4 is 4.90 Å². The van der Waals surface area contributed by atoms with Crippen molar-refractivity contribution in [3.8, 4) is 0 Å². The molecule has 1 unspecified atom stereocenters. The summed E-state index contributed by atoms with van der Waals surface area (Å²) in [6, 6.07) is 0.419. The van der Waals surface area contributed by atoms with E-state index >= 15 is 0 Å². The van der Waals surface area contributed by atoms with Crippen molar-refractivity contribution >= 4 is 5.95 Å². The Morgan fingerprint density at radius 2 is 2.29 bits per heavy atom. The molecule has 5 nitrogen and oxygen atoms in total. The number of hydrogen-bond acceptors (Lipinski definition) is 5. The summed E-state index contributed by atoms with van der Waals surface area (Å²) in [5, 5.41) is 0. The second-order valence-electron chi connectivity index (χ2n) is 3.38. The first-order chi connectivity index (χ1) is 6.92. The Kier molecular flexibility index (Phi) is 2.88. The highest BCUT2D eigenvalue weighted by Crippen LogP contribution is 2.21. The molecule has 0 saturated carbocycles. The Bertz CT molecular complexity index is 279. The molecular formula is C9H14N4O. The molecule has 0 radical (unpaired) electrons. The van der Waals surface area contributed by atoms with Gasteiger partial charge in [-0.3, -0.25) is 0 Å². The summed E-state index contributed by atoms with van der Waals surface area (Å²) >= 11 is 0. The fourth-order valence-corrected chi connectivity index (χ4v) is 1.85. The molecule has 1 aliphatic heterocycles.